The summed E-state index contributed by atoms with van der Waals surface area (Å²) in [4.78, 5) is 0. The largest absolute Gasteiger partial charge is 0.271 e. The van der Waals surface area contributed by atoms with Crippen LogP contribution in [-0.4, -0.2) is 29.5 Å². The monoisotopic (exact) mass is 520 g/mol. The molecular weight excluding hydrogens is 504 g/mol. The number of nitrogens with one attached hydrogen (secondary N) is 1. The van der Waals surface area contributed by atoms with Crippen molar-refractivity contribution >= 4 is 39.9 Å². The van der Waals surface area contributed by atoms with E-state index in [2.05, 4.69) is 53.0 Å². The lowest BCUT2D eigenvalue weighted by molar-refractivity contribution is 0.879. The van der Waals surface area contributed by atoms with Gasteiger partial charge >= 0.3 is 0 Å². The molecule has 0 saturated heterocycles. The summed E-state index contributed by atoms with van der Waals surface area (Å²) in [5, 5.41) is 17.2. The van der Waals surface area contributed by atoms with Gasteiger partial charge in [-0.05, 0) is 48.6 Å². The van der Waals surface area contributed by atoms with E-state index in [1.54, 1.807) is 11.8 Å². The minimum absolute atomic E-state index is 0.553. The van der Waals surface area contributed by atoms with Crippen molar-refractivity contribution < 1.29 is 0 Å². The molecule has 3 aromatic carbocycles. The molecule has 0 bridgehead atoms. The van der Waals surface area contributed by atoms with Crippen LogP contribution < -0.4 is 0 Å². The second kappa shape index (κ2) is 9.23. The highest BCUT2D eigenvalue weighted by Gasteiger charge is 2.17. The van der Waals surface area contributed by atoms with E-state index < -0.39 is 0 Å². The lowest BCUT2D eigenvalue weighted by Crippen LogP contribution is -2.02. The van der Waals surface area contributed by atoms with E-state index >= 15 is 0 Å². The lowest BCUT2D eigenvalue weighted by atomic mass is 10.2. The van der Waals surface area contributed by atoms with Crippen molar-refractivity contribution in [3.05, 3.63) is 100.0 Å². The Labute approximate surface area is 202 Å². The van der Waals surface area contributed by atoms with E-state index in [1.165, 1.54) is 0 Å². The van der Waals surface area contributed by atoms with Crippen LogP contribution in [0.1, 0.15) is 5.82 Å². The number of aromatic nitrogens is 6. The maximum absolute atomic E-state index is 5.48. The van der Waals surface area contributed by atoms with Gasteiger partial charge < -0.3 is 0 Å². The van der Waals surface area contributed by atoms with Crippen molar-refractivity contribution in [2.24, 2.45) is 0 Å². The van der Waals surface area contributed by atoms with Gasteiger partial charge in [0.15, 0.2) is 15.8 Å². The molecule has 32 heavy (non-hydrogen) atoms. The molecular formula is C23H17BrN6S2. The average molecular weight is 521 g/mol. The van der Waals surface area contributed by atoms with Gasteiger partial charge in [0.2, 0.25) is 0 Å². The molecule has 5 rings (SSSR count). The molecule has 2 heterocycles. The molecule has 0 spiro atoms. The summed E-state index contributed by atoms with van der Waals surface area (Å²) in [5.74, 6) is 2.18. The molecule has 2 aromatic heterocycles. The number of H-pyrrole nitrogens is 1. The second-order valence-corrected chi connectivity index (χ2v) is 9.13. The Morgan fingerprint density at radius 2 is 1.47 bits per heavy atom. The van der Waals surface area contributed by atoms with E-state index in [0.29, 0.717) is 10.5 Å². The fourth-order valence-corrected chi connectivity index (χ4v) is 4.75. The molecule has 0 fully saturated rings. The predicted octanol–water partition coefficient (Wildman–Crippen LogP) is 6.23. The average Bonchev–Trinajstić information content (AvgIpc) is 3.43. The summed E-state index contributed by atoms with van der Waals surface area (Å²) in [7, 11) is 0. The van der Waals surface area contributed by atoms with Crippen LogP contribution in [0.4, 0.5) is 0 Å². The minimum atomic E-state index is 0.553. The van der Waals surface area contributed by atoms with Gasteiger partial charge in [-0.15, -0.1) is 10.2 Å². The van der Waals surface area contributed by atoms with Crippen LogP contribution in [0.15, 0.2) is 94.6 Å². The maximum Gasteiger partial charge on any atom is 0.199 e. The highest BCUT2D eigenvalue weighted by atomic mass is 79.9. The van der Waals surface area contributed by atoms with Crippen LogP contribution in [0.3, 0.4) is 0 Å². The lowest BCUT2D eigenvalue weighted by Gasteiger charge is -2.11. The first-order valence-electron chi connectivity index (χ1n) is 9.82. The van der Waals surface area contributed by atoms with E-state index in [1.807, 2.05) is 77.4 Å². The van der Waals surface area contributed by atoms with Gasteiger partial charge in [-0.25, -0.2) is 0 Å². The summed E-state index contributed by atoms with van der Waals surface area (Å²) < 4.78 is 5.58. The fraction of sp³-hybridized carbons (Fsp3) is 0.0435. The molecule has 6 nitrogen and oxygen atoms in total. The molecule has 0 amide bonds. The highest BCUT2D eigenvalue weighted by molar-refractivity contribution is 9.10. The standard InChI is InChI=1S/C23H17BrN6S2/c24-17-11-13-19(14-12-17)29-20(25-27-22(29)31)15-32-23-28-26-21(16-7-3-1-4-8-16)30(23)18-9-5-2-6-10-18/h1-14H,15H2,(H,27,31). The van der Waals surface area contributed by atoms with Crippen molar-refractivity contribution in [3.8, 4) is 22.8 Å². The first-order chi connectivity index (χ1) is 15.7. The molecule has 0 unspecified atom stereocenters. The molecule has 0 saturated carbocycles. The third-order valence-corrected chi connectivity index (χ3v) is 6.56. The number of benzene rings is 3. The number of rotatable bonds is 6. The summed E-state index contributed by atoms with van der Waals surface area (Å²) in [6.07, 6.45) is 0. The number of halogens is 1. The second-order valence-electron chi connectivity index (χ2n) is 6.89. The number of aromatic amines is 1. The van der Waals surface area contributed by atoms with Crippen molar-refractivity contribution in [1.29, 1.82) is 0 Å². The Balaban J connectivity index is 1.51. The van der Waals surface area contributed by atoms with Gasteiger partial charge in [0.1, 0.15) is 5.82 Å². The van der Waals surface area contributed by atoms with Gasteiger partial charge in [0.05, 0.1) is 5.75 Å². The Bertz CT molecular complexity index is 1390. The van der Waals surface area contributed by atoms with Crippen molar-refractivity contribution in [2.45, 2.75) is 10.9 Å². The number of para-hydroxylation sites is 1. The first-order valence-corrected chi connectivity index (χ1v) is 12.0. The Kier molecular flexibility index (Phi) is 6.02. The zero-order valence-electron chi connectivity index (χ0n) is 16.7. The minimum Gasteiger partial charge on any atom is -0.271 e. The van der Waals surface area contributed by atoms with Gasteiger partial charge in [-0.3, -0.25) is 14.2 Å². The van der Waals surface area contributed by atoms with Gasteiger partial charge in [-0.1, -0.05) is 76.2 Å². The quantitative estimate of drug-likeness (QED) is 0.212. The molecule has 5 aromatic rings. The van der Waals surface area contributed by atoms with Crippen LogP contribution >= 0.6 is 39.9 Å². The SMILES string of the molecule is S=c1[nH]nc(CSc2nnc(-c3ccccc3)n2-c2ccccc2)n1-c1ccc(Br)cc1. The Hall–Kier alpha value is -3.01. The summed E-state index contributed by atoms with van der Waals surface area (Å²) in [6.45, 7) is 0. The predicted molar refractivity (Wildman–Crippen MR) is 133 cm³/mol. The van der Waals surface area contributed by atoms with Crippen LogP contribution in [0, 0.1) is 4.77 Å². The normalized spacial score (nSPS) is 11.0. The van der Waals surface area contributed by atoms with Crippen molar-refractivity contribution in [2.75, 3.05) is 0 Å². The summed E-state index contributed by atoms with van der Waals surface area (Å²) >= 11 is 10.5. The number of hydrogen-bond donors (Lipinski definition) is 1. The van der Waals surface area contributed by atoms with Crippen LogP contribution in [0.2, 0.25) is 0 Å². The van der Waals surface area contributed by atoms with E-state index in [4.69, 9.17) is 12.2 Å². The van der Waals surface area contributed by atoms with Gasteiger partial charge in [-0.2, -0.15) is 5.10 Å². The molecule has 0 aliphatic rings. The molecule has 0 radical (unpaired) electrons. The molecule has 158 valence electrons. The first kappa shape index (κ1) is 20.9. The molecule has 0 aliphatic heterocycles. The topological polar surface area (TPSA) is 64.3 Å². The maximum atomic E-state index is 5.48. The van der Waals surface area contributed by atoms with E-state index in [-0.39, 0.29) is 0 Å². The molecule has 9 heteroatoms. The number of hydrogen-bond acceptors (Lipinski definition) is 5. The van der Waals surface area contributed by atoms with Crippen molar-refractivity contribution in [3.63, 3.8) is 0 Å². The fourth-order valence-electron chi connectivity index (χ4n) is 3.36. The smallest absolute Gasteiger partial charge is 0.199 e. The zero-order chi connectivity index (χ0) is 21.9. The summed E-state index contributed by atoms with van der Waals surface area (Å²) in [6, 6.07) is 28.2. The number of nitrogens with zero attached hydrogens (tertiary/aromatic N) is 5. The zero-order valence-corrected chi connectivity index (χ0v) is 19.9. The van der Waals surface area contributed by atoms with Crippen LogP contribution in [-0.2, 0) is 5.75 Å². The molecule has 0 atom stereocenters. The highest BCUT2D eigenvalue weighted by Crippen LogP contribution is 2.30. The Morgan fingerprint density at radius 1 is 0.812 bits per heavy atom. The van der Waals surface area contributed by atoms with Crippen molar-refractivity contribution in [1.82, 2.24) is 29.5 Å². The summed E-state index contributed by atoms with van der Waals surface area (Å²) in [5.41, 5.74) is 2.97. The third kappa shape index (κ3) is 4.19. The molecule has 0 aliphatic carbocycles. The number of thioether (sulfide) groups is 1. The third-order valence-electron chi connectivity index (χ3n) is 4.84. The van der Waals surface area contributed by atoms with Crippen LogP contribution in [0.5, 0.6) is 0 Å². The van der Waals surface area contributed by atoms with Gasteiger partial charge in [0.25, 0.3) is 0 Å². The van der Waals surface area contributed by atoms with E-state index in [0.717, 1.165) is 38.2 Å². The van der Waals surface area contributed by atoms with Gasteiger partial charge in [0, 0.05) is 21.4 Å². The molecule has 1 N–H and O–H groups in total. The van der Waals surface area contributed by atoms with Crippen LogP contribution in [0.25, 0.3) is 22.8 Å². The van der Waals surface area contributed by atoms with E-state index in [9.17, 15) is 0 Å². The Morgan fingerprint density at radius 3 is 2.19 bits per heavy atom.